The molecular weight excluding hydrogens is 610 g/mol. The lowest BCUT2D eigenvalue weighted by Gasteiger charge is -2.33. The van der Waals surface area contributed by atoms with Crippen molar-refractivity contribution in [3.8, 4) is 5.75 Å². The van der Waals surface area contributed by atoms with E-state index in [1.165, 1.54) is 11.4 Å². The van der Waals surface area contributed by atoms with Crippen LogP contribution >= 0.6 is 0 Å². The summed E-state index contributed by atoms with van der Waals surface area (Å²) < 4.78 is 39.8. The van der Waals surface area contributed by atoms with Gasteiger partial charge in [0, 0.05) is 36.1 Å². The first-order valence-electron chi connectivity index (χ1n) is 15.0. The van der Waals surface area contributed by atoms with Gasteiger partial charge in [0.1, 0.15) is 22.4 Å². The number of rotatable bonds is 8. The number of ether oxygens (including phenoxy) is 1. The Labute approximate surface area is 268 Å². The fraction of sp³-hybridized carbons (Fsp3) is 0.364. The molecule has 4 aromatic rings. The smallest absolute Gasteiger partial charge is 0.323 e. The number of aryl methyl sites for hydroxylation is 2. The van der Waals surface area contributed by atoms with E-state index >= 15 is 0 Å². The lowest BCUT2D eigenvalue weighted by atomic mass is 10.0. The third kappa shape index (κ3) is 6.86. The molecule has 0 bridgehead atoms. The summed E-state index contributed by atoms with van der Waals surface area (Å²) in [6.45, 7) is 6.71. The van der Waals surface area contributed by atoms with E-state index in [4.69, 9.17) is 9.26 Å². The quantitative estimate of drug-likeness (QED) is 0.251. The maximum Gasteiger partial charge on any atom is 0.323 e. The number of aliphatic hydroxyl groups excluding tert-OH is 1. The molecule has 3 amide bonds. The van der Waals surface area contributed by atoms with Crippen LogP contribution in [0.15, 0.2) is 70.1 Å². The number of nitrogens with one attached hydrogen (secondary N) is 2. The van der Waals surface area contributed by atoms with Gasteiger partial charge in [0.15, 0.2) is 5.76 Å². The van der Waals surface area contributed by atoms with Crippen LogP contribution in [-0.4, -0.2) is 78.7 Å². The summed E-state index contributed by atoms with van der Waals surface area (Å²) in [5, 5.41) is 21.4. The van der Waals surface area contributed by atoms with Gasteiger partial charge in [0.05, 0.1) is 31.3 Å². The Morgan fingerprint density at radius 2 is 1.87 bits per heavy atom. The van der Waals surface area contributed by atoms with Crippen molar-refractivity contribution in [2.45, 2.75) is 51.2 Å². The number of fused-ring (bicyclic) bond motifs is 2. The summed E-state index contributed by atoms with van der Waals surface area (Å²) in [6, 6.07) is 17.4. The van der Waals surface area contributed by atoms with Crippen molar-refractivity contribution >= 4 is 44.1 Å². The molecule has 0 saturated carbocycles. The normalized spacial score (nSPS) is 17.9. The van der Waals surface area contributed by atoms with E-state index in [1.54, 1.807) is 43.9 Å². The van der Waals surface area contributed by atoms with Gasteiger partial charge in [-0.05, 0) is 50.4 Å². The summed E-state index contributed by atoms with van der Waals surface area (Å²) in [4.78, 5) is 28.2. The molecule has 0 saturated heterocycles. The number of hydrogen-bond acceptors (Lipinski definition) is 8. The Morgan fingerprint density at radius 1 is 1.13 bits per heavy atom. The average Bonchev–Trinajstić information content (AvgIpc) is 3.39. The van der Waals surface area contributed by atoms with Crippen LogP contribution in [0.3, 0.4) is 0 Å². The molecule has 1 aliphatic rings. The van der Waals surface area contributed by atoms with Crippen molar-refractivity contribution in [3.05, 3.63) is 77.7 Å². The van der Waals surface area contributed by atoms with Crippen LogP contribution < -0.4 is 15.4 Å². The molecule has 0 unspecified atom stereocenters. The number of sulfonamides is 1. The number of aromatic nitrogens is 1. The van der Waals surface area contributed by atoms with Gasteiger partial charge in [-0.15, -0.1) is 0 Å². The van der Waals surface area contributed by atoms with Gasteiger partial charge in [-0.3, -0.25) is 4.79 Å². The topological polar surface area (TPSA) is 154 Å². The molecule has 0 fully saturated rings. The number of carbonyl (C=O) groups is 2. The minimum Gasteiger partial charge on any atom is -0.488 e. The second-order valence-electron chi connectivity index (χ2n) is 11.8. The second-order valence-corrected chi connectivity index (χ2v) is 13.7. The fourth-order valence-electron chi connectivity index (χ4n) is 5.69. The van der Waals surface area contributed by atoms with Crippen LogP contribution in [0.5, 0.6) is 5.75 Å². The van der Waals surface area contributed by atoms with E-state index in [0.717, 1.165) is 10.8 Å². The zero-order valence-electron chi connectivity index (χ0n) is 26.5. The van der Waals surface area contributed by atoms with Crippen LogP contribution in [0.4, 0.5) is 16.2 Å². The predicted octanol–water partition coefficient (Wildman–Crippen LogP) is 4.56. The van der Waals surface area contributed by atoms with Crippen molar-refractivity contribution in [3.63, 3.8) is 0 Å². The van der Waals surface area contributed by atoms with Gasteiger partial charge in [-0.1, -0.05) is 48.5 Å². The lowest BCUT2D eigenvalue weighted by molar-refractivity contribution is -0.134. The van der Waals surface area contributed by atoms with E-state index in [-0.39, 0.29) is 54.3 Å². The highest BCUT2D eigenvalue weighted by Gasteiger charge is 2.35. The van der Waals surface area contributed by atoms with Gasteiger partial charge in [0.25, 0.3) is 0 Å². The van der Waals surface area contributed by atoms with Crippen LogP contribution in [0, 0.1) is 19.8 Å². The number of hydrogen-bond donors (Lipinski definition) is 3. The molecule has 3 atom stereocenters. The Morgan fingerprint density at radius 3 is 2.59 bits per heavy atom. The zero-order chi connectivity index (χ0) is 33.2. The largest absolute Gasteiger partial charge is 0.488 e. The van der Waals surface area contributed by atoms with Crippen molar-refractivity contribution in [1.82, 2.24) is 14.4 Å². The maximum absolute atomic E-state index is 13.6. The maximum atomic E-state index is 13.6. The number of urea groups is 1. The van der Waals surface area contributed by atoms with Gasteiger partial charge in [-0.2, -0.15) is 4.31 Å². The van der Waals surface area contributed by atoms with Crippen molar-refractivity contribution < 1.29 is 32.4 Å². The number of likely N-dealkylation sites (N-methyl/N-ethyl adjacent to an activating group) is 1. The molecule has 0 spiro atoms. The molecule has 244 valence electrons. The van der Waals surface area contributed by atoms with Gasteiger partial charge >= 0.3 is 6.03 Å². The molecule has 3 N–H and O–H groups in total. The molecule has 0 aliphatic carbocycles. The number of amides is 3. The standard InChI is InChI=1S/C33H39N5O7S/c1-20-17-38(21(2)19-39)31(40)16-25-15-26(34-33(41)35-28-12-8-10-24-9-6-7-11-27(24)28)13-14-29(25)44-30(20)18-37(5)46(42,43)32-22(3)36-45-23(32)4/h6-15,20-21,30,39H,16-19H2,1-5H3,(H2,34,35,41)/t20-,21+,30-/m0/s1. The Hall–Kier alpha value is -4.46. The van der Waals surface area contributed by atoms with Crippen molar-refractivity contribution in [1.29, 1.82) is 0 Å². The van der Waals surface area contributed by atoms with E-state index in [2.05, 4.69) is 15.8 Å². The summed E-state index contributed by atoms with van der Waals surface area (Å²) in [6.07, 6.45) is -0.723. The van der Waals surface area contributed by atoms with Gasteiger partial charge in [0.2, 0.25) is 15.9 Å². The molecule has 2 heterocycles. The summed E-state index contributed by atoms with van der Waals surface area (Å²) in [7, 11) is -2.51. The van der Waals surface area contributed by atoms with Crippen LogP contribution in [0.2, 0.25) is 0 Å². The Bertz CT molecular complexity index is 1830. The number of aliphatic hydroxyl groups is 1. The Balaban J connectivity index is 1.42. The number of benzene rings is 3. The Kier molecular flexibility index (Phi) is 9.66. The second kappa shape index (κ2) is 13.5. The molecule has 3 aromatic carbocycles. The minimum absolute atomic E-state index is 0.00863. The summed E-state index contributed by atoms with van der Waals surface area (Å²) in [5.41, 5.74) is 1.86. The lowest BCUT2D eigenvalue weighted by Crippen LogP contribution is -2.48. The fourth-order valence-corrected chi connectivity index (χ4v) is 7.16. The third-order valence-electron chi connectivity index (χ3n) is 8.29. The van der Waals surface area contributed by atoms with Crippen LogP contribution in [-0.2, 0) is 21.2 Å². The summed E-state index contributed by atoms with van der Waals surface area (Å²) >= 11 is 0. The van der Waals surface area contributed by atoms with E-state index in [0.29, 0.717) is 22.7 Å². The monoisotopic (exact) mass is 649 g/mol. The molecule has 12 nitrogen and oxygen atoms in total. The number of anilines is 2. The van der Waals surface area contributed by atoms with Crippen LogP contribution in [0.1, 0.15) is 30.9 Å². The van der Waals surface area contributed by atoms with Gasteiger partial charge in [-0.25, -0.2) is 13.2 Å². The number of carbonyl (C=O) groups excluding carboxylic acids is 2. The molecular formula is C33H39N5O7S. The van der Waals surface area contributed by atoms with E-state index in [1.807, 2.05) is 49.4 Å². The molecule has 13 heteroatoms. The number of nitrogens with zero attached hydrogens (tertiary/aromatic N) is 3. The highest BCUT2D eigenvalue weighted by molar-refractivity contribution is 7.89. The first-order valence-corrected chi connectivity index (χ1v) is 16.5. The molecule has 46 heavy (non-hydrogen) atoms. The molecule has 1 aromatic heterocycles. The molecule has 5 rings (SSSR count). The highest BCUT2D eigenvalue weighted by Crippen LogP contribution is 2.31. The summed E-state index contributed by atoms with van der Waals surface area (Å²) in [5.74, 6) is 0.0338. The average molecular weight is 650 g/mol. The minimum atomic E-state index is -3.97. The van der Waals surface area contributed by atoms with Crippen LogP contribution in [0.25, 0.3) is 10.8 Å². The predicted molar refractivity (Wildman–Crippen MR) is 174 cm³/mol. The first-order chi connectivity index (χ1) is 21.9. The van der Waals surface area contributed by atoms with Gasteiger partial charge < -0.3 is 29.9 Å². The molecule has 0 radical (unpaired) electrons. The SMILES string of the molecule is Cc1noc(C)c1S(=O)(=O)N(C)C[C@@H]1Oc2ccc(NC(=O)Nc3cccc4ccccc34)cc2CC(=O)N([C@H](C)CO)C[C@@H]1C. The van der Waals surface area contributed by atoms with Crippen molar-refractivity contribution in [2.24, 2.45) is 5.92 Å². The van der Waals surface area contributed by atoms with Crippen molar-refractivity contribution in [2.75, 3.05) is 37.4 Å². The zero-order valence-corrected chi connectivity index (χ0v) is 27.3. The first kappa shape index (κ1) is 32.9. The van der Waals surface area contributed by atoms with E-state index in [9.17, 15) is 23.1 Å². The highest BCUT2D eigenvalue weighted by atomic mass is 32.2. The third-order valence-corrected chi connectivity index (χ3v) is 10.4. The van der Waals surface area contributed by atoms with E-state index < -0.39 is 28.2 Å². The molecule has 1 aliphatic heterocycles.